The van der Waals surface area contributed by atoms with E-state index in [4.69, 9.17) is 23.2 Å². The Balaban J connectivity index is 2.30. The summed E-state index contributed by atoms with van der Waals surface area (Å²) in [5, 5.41) is 1.63. The van der Waals surface area contributed by atoms with E-state index in [-0.39, 0.29) is 22.5 Å². The number of carbonyl (C=O) groups excluding carboxylic acids is 2. The molecule has 122 valence electrons. The van der Waals surface area contributed by atoms with Gasteiger partial charge in [-0.05, 0) is 23.8 Å². The van der Waals surface area contributed by atoms with Crippen LogP contribution in [-0.2, 0) is 20.9 Å². The highest BCUT2D eigenvalue weighted by molar-refractivity contribution is 6.41. The second-order valence-corrected chi connectivity index (χ2v) is 5.40. The van der Waals surface area contributed by atoms with Gasteiger partial charge >= 0.3 is 5.97 Å². The molecule has 0 radical (unpaired) electrons. The molecule has 0 atom stereocenters. The minimum absolute atomic E-state index is 0.0842. The number of methoxy groups -OCH3 is 1. The van der Waals surface area contributed by atoms with Crippen LogP contribution in [0.3, 0.4) is 0 Å². The summed E-state index contributed by atoms with van der Waals surface area (Å²) in [6, 6.07) is 7.15. The predicted octanol–water partition coefficient (Wildman–Crippen LogP) is 3.16. The molecular weight excluding hydrogens is 346 g/mol. The molecule has 1 aromatic heterocycles. The van der Waals surface area contributed by atoms with Gasteiger partial charge in [-0.25, -0.2) is 14.1 Å². The highest BCUT2D eigenvalue weighted by atomic mass is 35.5. The lowest BCUT2D eigenvalue weighted by Crippen LogP contribution is -2.40. The largest absolute Gasteiger partial charge is 0.469 e. The average Bonchev–Trinajstić information content (AvgIpc) is 2.86. The molecule has 0 saturated heterocycles. The van der Waals surface area contributed by atoms with E-state index in [1.165, 1.54) is 53.3 Å². The second-order valence-electron chi connectivity index (χ2n) is 4.63. The Bertz CT molecular complexity index is 716. The lowest BCUT2D eigenvalue weighted by Gasteiger charge is -2.24. The van der Waals surface area contributed by atoms with Gasteiger partial charge in [0.25, 0.3) is 5.91 Å². The summed E-state index contributed by atoms with van der Waals surface area (Å²) in [7, 11) is 1.19. The van der Waals surface area contributed by atoms with Gasteiger partial charge in [0.2, 0.25) is 0 Å². The summed E-state index contributed by atoms with van der Waals surface area (Å²) in [4.78, 5) is 23.7. The highest BCUT2D eigenvalue weighted by Crippen LogP contribution is 2.24. The molecule has 0 unspecified atom stereocenters. The zero-order valence-corrected chi connectivity index (χ0v) is 13.6. The summed E-state index contributed by atoms with van der Waals surface area (Å²) in [6.07, 6.45) is 1.05. The zero-order valence-electron chi connectivity index (χ0n) is 12.1. The topological polar surface area (TPSA) is 51.5 Å². The number of aromatic nitrogens is 1. The maximum Gasteiger partial charge on any atom is 0.315 e. The van der Waals surface area contributed by atoms with E-state index in [0.29, 0.717) is 5.56 Å². The molecule has 0 fully saturated rings. The molecule has 2 aromatic rings. The molecule has 0 saturated carbocycles. The fraction of sp³-hybridized carbons (Fsp3) is 0.200. The highest BCUT2D eigenvalue weighted by Gasteiger charge is 2.22. The van der Waals surface area contributed by atoms with E-state index >= 15 is 0 Å². The standard InChI is InChI=1S/C15H13Cl2FN2O3/c1-23-14(22)8-13(21)20(19-7-6-12(16)15(19)17)9-10-2-4-11(18)5-3-10/h2-7H,8-9H2,1H3. The first-order chi connectivity index (χ1) is 10.9. The molecule has 0 spiro atoms. The van der Waals surface area contributed by atoms with Crippen LogP contribution in [0.15, 0.2) is 36.5 Å². The Morgan fingerprint density at radius 2 is 1.87 bits per heavy atom. The lowest BCUT2D eigenvalue weighted by atomic mass is 10.2. The quantitative estimate of drug-likeness (QED) is 0.609. The Morgan fingerprint density at radius 3 is 2.39 bits per heavy atom. The van der Waals surface area contributed by atoms with Crippen molar-refractivity contribution in [3.8, 4) is 0 Å². The van der Waals surface area contributed by atoms with Crippen molar-refractivity contribution in [3.05, 3.63) is 58.1 Å². The minimum Gasteiger partial charge on any atom is -0.469 e. The monoisotopic (exact) mass is 358 g/mol. The molecule has 0 aliphatic heterocycles. The molecular formula is C15H13Cl2FN2O3. The normalized spacial score (nSPS) is 10.4. The van der Waals surface area contributed by atoms with E-state index < -0.39 is 18.3 Å². The number of ether oxygens (including phenoxy) is 1. The van der Waals surface area contributed by atoms with Gasteiger partial charge in [0.1, 0.15) is 17.4 Å². The Kier molecular flexibility index (Phi) is 5.63. The van der Waals surface area contributed by atoms with E-state index in [9.17, 15) is 14.0 Å². The lowest BCUT2D eigenvalue weighted by molar-refractivity contribution is -0.143. The SMILES string of the molecule is COC(=O)CC(=O)N(Cc1ccc(F)cc1)n1ccc(Cl)c1Cl. The molecule has 0 aliphatic rings. The van der Waals surface area contributed by atoms with Gasteiger partial charge < -0.3 is 4.74 Å². The van der Waals surface area contributed by atoms with Crippen LogP contribution < -0.4 is 5.01 Å². The first-order valence-electron chi connectivity index (χ1n) is 6.56. The van der Waals surface area contributed by atoms with Crippen LogP contribution in [-0.4, -0.2) is 23.7 Å². The van der Waals surface area contributed by atoms with Crippen LogP contribution in [0, 0.1) is 5.82 Å². The van der Waals surface area contributed by atoms with Crippen LogP contribution in [0.4, 0.5) is 4.39 Å². The second kappa shape index (κ2) is 7.48. The van der Waals surface area contributed by atoms with E-state index in [1.807, 2.05) is 0 Å². The van der Waals surface area contributed by atoms with Gasteiger partial charge in [-0.15, -0.1) is 0 Å². The molecule has 5 nitrogen and oxygen atoms in total. The van der Waals surface area contributed by atoms with Crippen LogP contribution in [0.2, 0.25) is 10.2 Å². The van der Waals surface area contributed by atoms with Gasteiger partial charge in [-0.1, -0.05) is 35.3 Å². The van der Waals surface area contributed by atoms with Crippen LogP contribution in [0.1, 0.15) is 12.0 Å². The Hall–Kier alpha value is -2.05. The molecule has 0 N–H and O–H groups in total. The van der Waals surface area contributed by atoms with Crippen molar-refractivity contribution in [2.45, 2.75) is 13.0 Å². The van der Waals surface area contributed by atoms with E-state index in [2.05, 4.69) is 4.74 Å². The fourth-order valence-corrected chi connectivity index (χ4v) is 2.25. The van der Waals surface area contributed by atoms with Crippen molar-refractivity contribution in [1.82, 2.24) is 4.68 Å². The summed E-state index contributed by atoms with van der Waals surface area (Å²) in [6.45, 7) is 0.0842. The fourth-order valence-electron chi connectivity index (χ4n) is 1.90. The van der Waals surface area contributed by atoms with Crippen molar-refractivity contribution < 1.29 is 18.7 Å². The van der Waals surface area contributed by atoms with Crippen molar-refractivity contribution in [2.75, 3.05) is 12.1 Å². The Morgan fingerprint density at radius 1 is 1.22 bits per heavy atom. The maximum absolute atomic E-state index is 13.0. The predicted molar refractivity (Wildman–Crippen MR) is 84.4 cm³/mol. The summed E-state index contributed by atoms with van der Waals surface area (Å²) in [5.74, 6) is -1.59. The summed E-state index contributed by atoms with van der Waals surface area (Å²) >= 11 is 12.0. The van der Waals surface area contributed by atoms with Gasteiger partial charge in [0.15, 0.2) is 0 Å². The Labute approximate surface area is 142 Å². The van der Waals surface area contributed by atoms with Crippen LogP contribution >= 0.6 is 23.2 Å². The number of hydrogen-bond acceptors (Lipinski definition) is 3. The number of esters is 1. The number of benzene rings is 1. The van der Waals surface area contributed by atoms with Gasteiger partial charge in [0.05, 0.1) is 18.7 Å². The number of nitrogens with zero attached hydrogens (tertiary/aromatic N) is 2. The van der Waals surface area contributed by atoms with E-state index in [1.54, 1.807) is 0 Å². The van der Waals surface area contributed by atoms with Crippen molar-refractivity contribution in [3.63, 3.8) is 0 Å². The third-order valence-electron chi connectivity index (χ3n) is 3.08. The van der Waals surface area contributed by atoms with Gasteiger partial charge in [-0.3, -0.25) is 9.59 Å². The zero-order chi connectivity index (χ0) is 17.0. The smallest absolute Gasteiger partial charge is 0.315 e. The van der Waals surface area contributed by atoms with Crippen LogP contribution in [0.25, 0.3) is 0 Å². The molecule has 23 heavy (non-hydrogen) atoms. The molecule has 1 amide bonds. The average molecular weight is 359 g/mol. The van der Waals surface area contributed by atoms with Crippen LogP contribution in [0.5, 0.6) is 0 Å². The molecule has 1 aromatic carbocycles. The number of hydrogen-bond donors (Lipinski definition) is 0. The number of halogens is 3. The summed E-state index contributed by atoms with van der Waals surface area (Å²) < 4.78 is 18.8. The van der Waals surface area contributed by atoms with Crippen molar-refractivity contribution in [2.24, 2.45) is 0 Å². The van der Waals surface area contributed by atoms with Crippen molar-refractivity contribution >= 4 is 35.1 Å². The maximum atomic E-state index is 13.0. The summed E-state index contributed by atoms with van der Waals surface area (Å²) in [5.41, 5.74) is 0.658. The first-order valence-corrected chi connectivity index (χ1v) is 7.32. The molecule has 1 heterocycles. The number of amides is 1. The third kappa shape index (κ3) is 4.24. The number of carbonyl (C=O) groups is 2. The van der Waals surface area contributed by atoms with Gasteiger partial charge in [0, 0.05) is 6.20 Å². The molecule has 8 heteroatoms. The first kappa shape index (κ1) is 17.3. The van der Waals surface area contributed by atoms with Gasteiger partial charge in [-0.2, -0.15) is 0 Å². The minimum atomic E-state index is -0.673. The molecule has 0 aliphatic carbocycles. The third-order valence-corrected chi connectivity index (χ3v) is 3.86. The number of rotatable bonds is 5. The van der Waals surface area contributed by atoms with E-state index in [0.717, 1.165) is 0 Å². The molecule has 2 rings (SSSR count). The van der Waals surface area contributed by atoms with Crippen molar-refractivity contribution in [1.29, 1.82) is 0 Å². The molecule has 0 bridgehead atoms.